The maximum Gasteiger partial charge on any atom is 0.305 e. The summed E-state index contributed by atoms with van der Waals surface area (Å²) in [5.74, 6) is -1.77. The standard InChI is InChI=1S/C29H24N4O7/c1-2-40-24(34)9-6-14-32-28(36)20-12-10-18(15-21(20)29(32)37)30-26(17-7-4-3-5-8-17)25-22-16-19(33(38)39)11-13-23(22)31-27(25)35/h3-5,7-8,10-13,15-16,30H,2,6,9,14H2,1H3,(H,31,35)/b26-25-. The molecule has 202 valence electrons. The average molecular weight is 541 g/mol. The fraction of sp³-hybridized carbons (Fsp3) is 0.172. The molecule has 11 nitrogen and oxygen atoms in total. The minimum absolute atomic E-state index is 0.0724. The van der Waals surface area contributed by atoms with E-state index >= 15 is 0 Å². The molecule has 0 atom stereocenters. The molecule has 0 fully saturated rings. The number of carbonyl (C=O) groups is 4. The molecule has 3 aromatic rings. The van der Waals surface area contributed by atoms with Crippen LogP contribution in [0, 0.1) is 10.1 Å². The highest BCUT2D eigenvalue weighted by atomic mass is 16.6. The number of hydrogen-bond acceptors (Lipinski definition) is 8. The number of fused-ring (bicyclic) bond motifs is 2. The van der Waals surface area contributed by atoms with Crippen LogP contribution in [0.4, 0.5) is 17.1 Å². The molecule has 0 unspecified atom stereocenters. The van der Waals surface area contributed by atoms with Crippen LogP contribution in [0.25, 0.3) is 11.3 Å². The van der Waals surface area contributed by atoms with Gasteiger partial charge in [0, 0.05) is 42.0 Å². The molecule has 2 aliphatic heterocycles. The monoisotopic (exact) mass is 540 g/mol. The van der Waals surface area contributed by atoms with Crippen molar-refractivity contribution in [2.45, 2.75) is 19.8 Å². The Balaban J connectivity index is 1.49. The third-order valence-corrected chi connectivity index (χ3v) is 6.58. The molecule has 0 radical (unpaired) electrons. The molecule has 0 spiro atoms. The third kappa shape index (κ3) is 4.92. The topological polar surface area (TPSA) is 148 Å². The van der Waals surface area contributed by atoms with E-state index in [4.69, 9.17) is 4.74 Å². The van der Waals surface area contributed by atoms with Crippen LogP contribution in [0.15, 0.2) is 66.7 Å². The highest BCUT2D eigenvalue weighted by Crippen LogP contribution is 2.39. The smallest absolute Gasteiger partial charge is 0.305 e. The van der Waals surface area contributed by atoms with Crippen molar-refractivity contribution >= 4 is 52.0 Å². The van der Waals surface area contributed by atoms with E-state index in [1.165, 1.54) is 30.3 Å². The Kier molecular flexibility index (Phi) is 7.11. The van der Waals surface area contributed by atoms with Crippen molar-refractivity contribution in [1.82, 2.24) is 4.90 Å². The van der Waals surface area contributed by atoms with E-state index in [-0.39, 0.29) is 48.4 Å². The van der Waals surface area contributed by atoms with Gasteiger partial charge in [0.2, 0.25) is 0 Å². The lowest BCUT2D eigenvalue weighted by molar-refractivity contribution is -0.384. The van der Waals surface area contributed by atoms with Gasteiger partial charge in [-0.3, -0.25) is 34.2 Å². The van der Waals surface area contributed by atoms with Crippen LogP contribution in [0.1, 0.15) is 51.6 Å². The van der Waals surface area contributed by atoms with Crippen molar-refractivity contribution in [1.29, 1.82) is 0 Å². The van der Waals surface area contributed by atoms with Crippen molar-refractivity contribution in [3.63, 3.8) is 0 Å². The summed E-state index contributed by atoms with van der Waals surface area (Å²) in [6.45, 7) is 2.03. The minimum Gasteiger partial charge on any atom is -0.466 e. The van der Waals surface area contributed by atoms with E-state index in [0.29, 0.717) is 28.2 Å². The number of carbonyl (C=O) groups excluding carboxylic acids is 4. The summed E-state index contributed by atoms with van der Waals surface area (Å²) in [6, 6.07) is 17.8. The molecule has 0 aliphatic carbocycles. The Bertz CT molecular complexity index is 1600. The summed E-state index contributed by atoms with van der Waals surface area (Å²) in [7, 11) is 0. The number of anilines is 2. The lowest BCUT2D eigenvalue weighted by Gasteiger charge is -2.15. The molecular weight excluding hydrogens is 516 g/mol. The summed E-state index contributed by atoms with van der Waals surface area (Å²) >= 11 is 0. The number of amides is 3. The molecule has 3 amide bonds. The SMILES string of the molecule is CCOC(=O)CCCN1C(=O)c2ccc(N/C(=C3\C(=O)Nc4ccc([N+](=O)[O-])cc43)c3ccccc3)cc2C1=O. The maximum atomic E-state index is 13.1. The Morgan fingerprint density at radius 2 is 1.73 bits per heavy atom. The molecule has 3 aromatic carbocycles. The number of nitro groups is 1. The zero-order valence-corrected chi connectivity index (χ0v) is 21.4. The van der Waals surface area contributed by atoms with Gasteiger partial charge in [-0.2, -0.15) is 0 Å². The number of esters is 1. The van der Waals surface area contributed by atoms with Crippen molar-refractivity contribution in [2.24, 2.45) is 0 Å². The summed E-state index contributed by atoms with van der Waals surface area (Å²) in [5.41, 5.74) is 2.72. The van der Waals surface area contributed by atoms with Crippen molar-refractivity contribution in [2.75, 3.05) is 23.8 Å². The predicted octanol–water partition coefficient (Wildman–Crippen LogP) is 4.47. The van der Waals surface area contributed by atoms with Gasteiger partial charge in [0.15, 0.2) is 0 Å². The number of nitrogens with zero attached hydrogens (tertiary/aromatic N) is 2. The van der Waals surface area contributed by atoms with E-state index < -0.39 is 28.6 Å². The first-order valence-electron chi connectivity index (χ1n) is 12.6. The van der Waals surface area contributed by atoms with Crippen molar-refractivity contribution < 1.29 is 28.8 Å². The molecule has 40 heavy (non-hydrogen) atoms. The van der Waals surface area contributed by atoms with Gasteiger partial charge in [-0.15, -0.1) is 0 Å². The fourth-order valence-corrected chi connectivity index (χ4v) is 4.73. The molecule has 0 bridgehead atoms. The highest BCUT2D eigenvalue weighted by molar-refractivity contribution is 6.37. The molecule has 5 rings (SSSR count). The van der Waals surface area contributed by atoms with Gasteiger partial charge >= 0.3 is 5.97 Å². The Morgan fingerprint density at radius 1 is 0.975 bits per heavy atom. The van der Waals surface area contributed by atoms with Gasteiger partial charge in [0.25, 0.3) is 23.4 Å². The van der Waals surface area contributed by atoms with Crippen LogP contribution >= 0.6 is 0 Å². The molecule has 2 N–H and O–H groups in total. The highest BCUT2D eigenvalue weighted by Gasteiger charge is 2.36. The predicted molar refractivity (Wildman–Crippen MR) is 146 cm³/mol. The number of non-ortho nitro benzene ring substituents is 1. The summed E-state index contributed by atoms with van der Waals surface area (Å²) < 4.78 is 4.90. The minimum atomic E-state index is -0.530. The number of hydrogen-bond donors (Lipinski definition) is 2. The number of nitrogens with one attached hydrogen (secondary N) is 2. The van der Waals surface area contributed by atoms with Crippen LogP contribution in [-0.4, -0.2) is 46.7 Å². The first kappa shape index (κ1) is 26.3. The summed E-state index contributed by atoms with van der Waals surface area (Å²) in [5, 5.41) is 17.4. The Hall–Kier alpha value is -5.32. The van der Waals surface area contributed by atoms with E-state index in [1.54, 1.807) is 37.3 Å². The van der Waals surface area contributed by atoms with E-state index in [2.05, 4.69) is 10.6 Å². The summed E-state index contributed by atoms with van der Waals surface area (Å²) in [4.78, 5) is 62.7. The Labute approximate surface area is 228 Å². The number of benzene rings is 3. The average Bonchev–Trinajstić information content (AvgIpc) is 3.39. The molecule has 0 aromatic heterocycles. The molecule has 0 saturated carbocycles. The number of rotatable bonds is 9. The van der Waals surface area contributed by atoms with E-state index in [0.717, 1.165) is 4.90 Å². The largest absolute Gasteiger partial charge is 0.466 e. The molecule has 2 aliphatic rings. The molecule has 2 heterocycles. The molecule has 11 heteroatoms. The van der Waals surface area contributed by atoms with E-state index in [1.807, 2.05) is 6.07 Å². The lowest BCUT2D eigenvalue weighted by Crippen LogP contribution is -2.31. The second-order valence-electron chi connectivity index (χ2n) is 9.11. The van der Waals surface area contributed by atoms with Crippen LogP contribution in [0.2, 0.25) is 0 Å². The van der Waals surface area contributed by atoms with Crippen LogP contribution < -0.4 is 10.6 Å². The quantitative estimate of drug-likeness (QED) is 0.133. The van der Waals surface area contributed by atoms with Gasteiger partial charge in [0.05, 0.1) is 33.9 Å². The lowest BCUT2D eigenvalue weighted by atomic mass is 9.99. The van der Waals surface area contributed by atoms with Crippen LogP contribution in [0.5, 0.6) is 0 Å². The zero-order chi connectivity index (χ0) is 28.4. The fourth-order valence-electron chi connectivity index (χ4n) is 4.73. The molecule has 0 saturated heterocycles. The normalized spacial score (nSPS) is 14.9. The van der Waals surface area contributed by atoms with E-state index in [9.17, 15) is 29.3 Å². The third-order valence-electron chi connectivity index (χ3n) is 6.58. The van der Waals surface area contributed by atoms with Crippen LogP contribution in [-0.2, 0) is 14.3 Å². The van der Waals surface area contributed by atoms with Gasteiger partial charge in [-0.1, -0.05) is 30.3 Å². The molecular formula is C29H24N4O7. The first-order valence-corrected chi connectivity index (χ1v) is 12.6. The second kappa shape index (κ2) is 10.8. The number of nitro benzene ring substituents is 1. The number of ether oxygens (including phenoxy) is 1. The van der Waals surface area contributed by atoms with Gasteiger partial charge in [-0.25, -0.2) is 0 Å². The van der Waals surface area contributed by atoms with Crippen LogP contribution in [0.3, 0.4) is 0 Å². The second-order valence-corrected chi connectivity index (χ2v) is 9.11. The van der Waals surface area contributed by atoms with Gasteiger partial charge in [-0.05, 0) is 43.2 Å². The van der Waals surface area contributed by atoms with Gasteiger partial charge < -0.3 is 15.4 Å². The van der Waals surface area contributed by atoms with Crippen molar-refractivity contribution in [3.05, 3.63) is 99.1 Å². The Morgan fingerprint density at radius 3 is 2.45 bits per heavy atom. The zero-order valence-electron chi connectivity index (χ0n) is 21.4. The van der Waals surface area contributed by atoms with Crippen molar-refractivity contribution in [3.8, 4) is 0 Å². The van der Waals surface area contributed by atoms with Gasteiger partial charge in [0.1, 0.15) is 0 Å². The number of imide groups is 1. The maximum absolute atomic E-state index is 13.1. The first-order chi connectivity index (χ1) is 19.3. The summed E-state index contributed by atoms with van der Waals surface area (Å²) in [6.07, 6.45) is 0.365.